The van der Waals surface area contributed by atoms with Gasteiger partial charge < -0.3 is 19.7 Å². The number of rotatable bonds is 6. The Morgan fingerprint density at radius 1 is 1.23 bits per heavy atom. The molecule has 2 heterocycles. The molecule has 0 bridgehead atoms. The van der Waals surface area contributed by atoms with Gasteiger partial charge in [-0.25, -0.2) is 0 Å². The van der Waals surface area contributed by atoms with Crippen molar-refractivity contribution in [2.75, 3.05) is 12.4 Å². The summed E-state index contributed by atoms with van der Waals surface area (Å²) in [4.78, 5) is 28.0. The Morgan fingerprint density at radius 3 is 2.84 bits per heavy atom. The molecule has 2 amide bonds. The quantitative estimate of drug-likeness (QED) is 0.608. The van der Waals surface area contributed by atoms with Crippen molar-refractivity contribution in [3.05, 3.63) is 76.0 Å². The number of fused-ring (bicyclic) bond motifs is 1. The number of ether oxygens (including phenoxy) is 2. The van der Waals surface area contributed by atoms with E-state index < -0.39 is 6.10 Å². The van der Waals surface area contributed by atoms with Crippen LogP contribution in [0, 0.1) is 0 Å². The molecule has 0 saturated heterocycles. The minimum absolute atomic E-state index is 0.0503. The molecule has 160 valence electrons. The van der Waals surface area contributed by atoms with Crippen LogP contribution in [0.15, 0.2) is 60.0 Å². The minimum Gasteiger partial charge on any atom is -0.497 e. The molecule has 1 N–H and O–H groups in total. The number of hydrogen-bond donors (Lipinski definition) is 1. The summed E-state index contributed by atoms with van der Waals surface area (Å²) in [5, 5.41) is 4.79. The van der Waals surface area contributed by atoms with E-state index in [9.17, 15) is 9.59 Å². The summed E-state index contributed by atoms with van der Waals surface area (Å²) >= 11 is 1.39. The Morgan fingerprint density at radius 2 is 2.10 bits per heavy atom. The summed E-state index contributed by atoms with van der Waals surface area (Å²) in [6.07, 6.45) is 0.0300. The van der Waals surface area contributed by atoms with E-state index >= 15 is 0 Å². The molecule has 7 heteroatoms. The monoisotopic (exact) mass is 436 g/mol. The van der Waals surface area contributed by atoms with Crippen molar-refractivity contribution in [2.24, 2.45) is 0 Å². The lowest BCUT2D eigenvalue weighted by atomic mass is 10.1. The van der Waals surface area contributed by atoms with Crippen LogP contribution in [0.4, 0.5) is 5.69 Å². The molecule has 1 atom stereocenters. The number of nitrogens with zero attached hydrogens (tertiary/aromatic N) is 1. The third-order valence-corrected chi connectivity index (χ3v) is 6.03. The fraction of sp³-hybridized carbons (Fsp3) is 0.250. The van der Waals surface area contributed by atoms with Crippen LogP contribution in [-0.2, 0) is 17.9 Å². The van der Waals surface area contributed by atoms with E-state index in [-0.39, 0.29) is 11.8 Å². The number of benzene rings is 2. The second-order valence-electron chi connectivity index (χ2n) is 7.31. The molecule has 4 rings (SSSR count). The van der Waals surface area contributed by atoms with E-state index in [4.69, 9.17) is 9.47 Å². The van der Waals surface area contributed by atoms with Gasteiger partial charge in [0.15, 0.2) is 6.10 Å². The van der Waals surface area contributed by atoms with E-state index in [0.29, 0.717) is 35.8 Å². The molecule has 0 fully saturated rings. The first kappa shape index (κ1) is 20.9. The number of hydrogen-bond acceptors (Lipinski definition) is 5. The molecule has 1 aliphatic rings. The Hall–Kier alpha value is -3.32. The first-order valence-corrected chi connectivity index (χ1v) is 11.0. The number of thiophene rings is 1. The van der Waals surface area contributed by atoms with Gasteiger partial charge in [0.05, 0.1) is 12.0 Å². The van der Waals surface area contributed by atoms with Gasteiger partial charge in [-0.3, -0.25) is 9.59 Å². The molecular formula is C24H24N2O4S. The standard InChI is InChI=1S/C24H24N2O4S/c1-3-20-24(28)26(14-16-6-4-7-19(12-16)29-2)15-17-13-18(9-10-21(17)30-20)25-23(27)22-8-5-11-31-22/h4-13,20H,3,14-15H2,1-2H3,(H,25,27)/t20-/m0/s1. The third kappa shape index (κ3) is 4.72. The summed E-state index contributed by atoms with van der Waals surface area (Å²) in [6.45, 7) is 2.78. The smallest absolute Gasteiger partial charge is 0.265 e. The van der Waals surface area contributed by atoms with Crippen molar-refractivity contribution in [1.29, 1.82) is 0 Å². The summed E-state index contributed by atoms with van der Waals surface area (Å²) in [6, 6.07) is 16.8. The van der Waals surface area contributed by atoms with Gasteiger partial charge in [0, 0.05) is 24.3 Å². The van der Waals surface area contributed by atoms with E-state index in [2.05, 4.69) is 5.32 Å². The summed E-state index contributed by atoms with van der Waals surface area (Å²) in [5.74, 6) is 1.22. The maximum absolute atomic E-state index is 13.1. The van der Waals surface area contributed by atoms with Crippen molar-refractivity contribution in [1.82, 2.24) is 4.90 Å². The fourth-order valence-corrected chi connectivity index (χ4v) is 4.19. The third-order valence-electron chi connectivity index (χ3n) is 5.16. The molecule has 0 spiro atoms. The molecule has 0 aliphatic carbocycles. The van der Waals surface area contributed by atoms with Crippen molar-refractivity contribution in [2.45, 2.75) is 32.5 Å². The molecule has 0 unspecified atom stereocenters. The maximum Gasteiger partial charge on any atom is 0.265 e. The first-order chi connectivity index (χ1) is 15.1. The highest BCUT2D eigenvalue weighted by atomic mass is 32.1. The Balaban J connectivity index is 1.59. The van der Waals surface area contributed by atoms with Crippen LogP contribution in [0.3, 0.4) is 0 Å². The predicted molar refractivity (Wildman–Crippen MR) is 121 cm³/mol. The van der Waals surface area contributed by atoms with Crippen molar-refractivity contribution in [3.63, 3.8) is 0 Å². The van der Waals surface area contributed by atoms with Gasteiger partial charge >= 0.3 is 0 Å². The van der Waals surface area contributed by atoms with Crippen LogP contribution in [0.1, 0.15) is 34.1 Å². The zero-order chi connectivity index (χ0) is 21.8. The van der Waals surface area contributed by atoms with Crippen molar-refractivity contribution in [3.8, 4) is 11.5 Å². The van der Waals surface area contributed by atoms with Crippen molar-refractivity contribution < 1.29 is 19.1 Å². The predicted octanol–water partition coefficient (Wildman–Crippen LogP) is 4.71. The molecule has 2 aromatic carbocycles. The maximum atomic E-state index is 13.1. The van der Waals surface area contributed by atoms with Gasteiger partial charge in [-0.2, -0.15) is 0 Å². The van der Waals surface area contributed by atoms with Gasteiger partial charge in [-0.05, 0) is 53.8 Å². The average molecular weight is 437 g/mol. The Kier molecular flexibility index (Phi) is 6.23. The second kappa shape index (κ2) is 9.22. The highest BCUT2D eigenvalue weighted by Crippen LogP contribution is 2.30. The lowest BCUT2D eigenvalue weighted by molar-refractivity contribution is -0.139. The molecule has 31 heavy (non-hydrogen) atoms. The minimum atomic E-state index is -0.543. The van der Waals surface area contributed by atoms with E-state index in [1.807, 2.05) is 54.8 Å². The largest absolute Gasteiger partial charge is 0.497 e. The molecule has 0 radical (unpaired) electrons. The van der Waals surface area contributed by atoms with Crippen LogP contribution in [0.25, 0.3) is 0 Å². The molecule has 6 nitrogen and oxygen atoms in total. The zero-order valence-corrected chi connectivity index (χ0v) is 18.3. The van der Waals surface area contributed by atoms with Gasteiger partial charge in [0.1, 0.15) is 11.5 Å². The van der Waals surface area contributed by atoms with Gasteiger partial charge in [0.2, 0.25) is 0 Å². The highest BCUT2D eigenvalue weighted by molar-refractivity contribution is 7.12. The second-order valence-corrected chi connectivity index (χ2v) is 8.26. The van der Waals surface area contributed by atoms with Gasteiger partial charge in [-0.15, -0.1) is 11.3 Å². The van der Waals surface area contributed by atoms with E-state index in [1.54, 1.807) is 24.1 Å². The van der Waals surface area contributed by atoms with Crippen LogP contribution in [-0.4, -0.2) is 29.9 Å². The molecule has 3 aromatic rings. The highest BCUT2D eigenvalue weighted by Gasteiger charge is 2.30. The number of carbonyl (C=O) groups is 2. The van der Waals surface area contributed by atoms with E-state index in [0.717, 1.165) is 16.9 Å². The zero-order valence-electron chi connectivity index (χ0n) is 17.5. The number of anilines is 1. The fourth-order valence-electron chi connectivity index (χ4n) is 3.57. The molecule has 1 aliphatic heterocycles. The summed E-state index contributed by atoms with van der Waals surface area (Å²) in [7, 11) is 1.62. The topological polar surface area (TPSA) is 67.9 Å². The first-order valence-electron chi connectivity index (χ1n) is 10.1. The van der Waals surface area contributed by atoms with Crippen molar-refractivity contribution >= 4 is 28.8 Å². The average Bonchev–Trinajstić information content (AvgIpc) is 3.29. The summed E-state index contributed by atoms with van der Waals surface area (Å²) < 4.78 is 11.3. The lowest BCUT2D eigenvalue weighted by Crippen LogP contribution is -2.38. The summed E-state index contributed by atoms with van der Waals surface area (Å²) in [5.41, 5.74) is 2.51. The Bertz CT molecular complexity index is 1080. The van der Waals surface area contributed by atoms with Crippen LogP contribution in [0.5, 0.6) is 11.5 Å². The number of carbonyl (C=O) groups excluding carboxylic acids is 2. The van der Waals surface area contributed by atoms with Gasteiger partial charge in [0.25, 0.3) is 11.8 Å². The van der Waals surface area contributed by atoms with Crippen LogP contribution in [0.2, 0.25) is 0 Å². The number of methoxy groups -OCH3 is 1. The normalized spacial score (nSPS) is 15.6. The Labute approximate surface area is 185 Å². The van der Waals surface area contributed by atoms with E-state index in [1.165, 1.54) is 11.3 Å². The van der Waals surface area contributed by atoms with Crippen LogP contribution >= 0.6 is 11.3 Å². The number of amides is 2. The van der Waals surface area contributed by atoms with Gasteiger partial charge in [-0.1, -0.05) is 25.1 Å². The SMILES string of the molecule is CC[C@@H]1Oc2ccc(NC(=O)c3cccs3)cc2CN(Cc2cccc(OC)c2)C1=O. The lowest BCUT2D eigenvalue weighted by Gasteiger charge is -2.23. The molecule has 0 saturated carbocycles. The molecule has 1 aromatic heterocycles. The molecular weight excluding hydrogens is 412 g/mol. The number of nitrogens with one attached hydrogen (secondary N) is 1. The van der Waals surface area contributed by atoms with Crippen LogP contribution < -0.4 is 14.8 Å².